The summed E-state index contributed by atoms with van der Waals surface area (Å²) in [7, 11) is -3.94. The first-order valence-corrected chi connectivity index (χ1v) is 11.4. The van der Waals surface area contributed by atoms with E-state index in [-0.39, 0.29) is 39.2 Å². The molecule has 0 aliphatic carbocycles. The normalized spacial score (nSPS) is 11.0. The molecule has 8 nitrogen and oxygen atoms in total. The van der Waals surface area contributed by atoms with Crippen LogP contribution in [0.4, 0.5) is 11.4 Å². The Morgan fingerprint density at radius 1 is 1.06 bits per heavy atom. The Labute approximate surface area is 190 Å². The van der Waals surface area contributed by atoms with Crippen molar-refractivity contribution in [2.24, 2.45) is 0 Å². The van der Waals surface area contributed by atoms with Crippen LogP contribution in [0, 0.1) is 6.92 Å². The van der Waals surface area contributed by atoms with E-state index in [0.717, 1.165) is 0 Å². The van der Waals surface area contributed by atoms with Gasteiger partial charge in [0.2, 0.25) is 0 Å². The number of aromatic nitrogens is 1. The van der Waals surface area contributed by atoms with E-state index in [9.17, 15) is 18.0 Å². The maximum Gasteiger partial charge on any atom is 0.339 e. The molecule has 1 amide bonds. The van der Waals surface area contributed by atoms with Crippen LogP contribution in [0.2, 0.25) is 5.02 Å². The van der Waals surface area contributed by atoms with Gasteiger partial charge in [-0.05, 0) is 56.3 Å². The predicted molar refractivity (Wildman–Crippen MR) is 122 cm³/mol. The second-order valence-corrected chi connectivity index (χ2v) is 8.71. The summed E-state index contributed by atoms with van der Waals surface area (Å²) in [5.41, 5.74) is 1.17. The van der Waals surface area contributed by atoms with Crippen LogP contribution in [-0.4, -0.2) is 31.9 Å². The van der Waals surface area contributed by atoms with Crippen LogP contribution < -0.4 is 10.0 Å². The average molecular weight is 474 g/mol. The quantitative estimate of drug-likeness (QED) is 0.495. The van der Waals surface area contributed by atoms with E-state index in [1.165, 1.54) is 30.3 Å². The molecule has 32 heavy (non-hydrogen) atoms. The number of para-hydroxylation sites is 1. The molecule has 0 aliphatic heterocycles. The topological polar surface area (TPSA) is 114 Å². The summed E-state index contributed by atoms with van der Waals surface area (Å²) < 4.78 is 32.8. The van der Waals surface area contributed by atoms with E-state index in [1.807, 2.05) is 0 Å². The lowest BCUT2D eigenvalue weighted by Crippen LogP contribution is -2.17. The van der Waals surface area contributed by atoms with Gasteiger partial charge < -0.3 is 10.1 Å². The lowest BCUT2D eigenvalue weighted by atomic mass is 10.2. The molecule has 0 fully saturated rings. The van der Waals surface area contributed by atoms with Crippen LogP contribution in [-0.2, 0) is 14.8 Å². The number of nitrogens with zero attached hydrogens (tertiary/aromatic N) is 1. The Morgan fingerprint density at radius 3 is 2.50 bits per heavy atom. The number of pyridine rings is 1. The zero-order valence-corrected chi connectivity index (χ0v) is 18.8. The molecule has 0 bridgehead atoms. The molecule has 2 N–H and O–H groups in total. The van der Waals surface area contributed by atoms with E-state index in [4.69, 9.17) is 16.3 Å². The zero-order chi connectivity index (χ0) is 23.3. The highest BCUT2D eigenvalue weighted by Gasteiger charge is 2.18. The second kappa shape index (κ2) is 9.80. The third-order valence-corrected chi connectivity index (χ3v) is 6.03. The van der Waals surface area contributed by atoms with E-state index in [2.05, 4.69) is 15.0 Å². The fourth-order valence-electron chi connectivity index (χ4n) is 2.80. The number of halogens is 1. The minimum absolute atomic E-state index is 0.0583. The van der Waals surface area contributed by atoms with Gasteiger partial charge in [0.25, 0.3) is 15.9 Å². The highest BCUT2D eigenvalue weighted by atomic mass is 35.5. The van der Waals surface area contributed by atoms with Gasteiger partial charge in [0.1, 0.15) is 5.69 Å². The smallest absolute Gasteiger partial charge is 0.339 e. The van der Waals surface area contributed by atoms with Crippen LogP contribution >= 0.6 is 11.6 Å². The van der Waals surface area contributed by atoms with Crippen LogP contribution in [0.15, 0.2) is 65.6 Å². The van der Waals surface area contributed by atoms with Gasteiger partial charge in [0, 0.05) is 5.69 Å². The van der Waals surface area contributed by atoms with Crippen LogP contribution in [0.25, 0.3) is 0 Å². The molecule has 1 heterocycles. The van der Waals surface area contributed by atoms with E-state index in [1.54, 1.807) is 44.2 Å². The van der Waals surface area contributed by atoms with E-state index >= 15 is 0 Å². The van der Waals surface area contributed by atoms with Crippen molar-refractivity contribution in [3.63, 3.8) is 0 Å². The van der Waals surface area contributed by atoms with Crippen molar-refractivity contribution in [3.05, 3.63) is 82.6 Å². The fourth-order valence-corrected chi connectivity index (χ4v) is 4.16. The second-order valence-electron chi connectivity index (χ2n) is 6.62. The number of carbonyl (C=O) groups excluding carboxylic acids is 2. The number of hydrogen-bond acceptors (Lipinski definition) is 6. The lowest BCUT2D eigenvalue weighted by Gasteiger charge is -2.11. The molecule has 0 saturated carbocycles. The summed E-state index contributed by atoms with van der Waals surface area (Å²) in [6.07, 6.45) is 0. The number of amides is 1. The van der Waals surface area contributed by atoms with Crippen molar-refractivity contribution >= 4 is 44.9 Å². The molecule has 0 saturated heterocycles. The third-order valence-electron chi connectivity index (χ3n) is 4.33. The first-order chi connectivity index (χ1) is 15.2. The Bertz CT molecular complexity index is 1280. The summed E-state index contributed by atoms with van der Waals surface area (Å²) in [6, 6.07) is 15.1. The van der Waals surface area contributed by atoms with Crippen LogP contribution in [0.3, 0.4) is 0 Å². The van der Waals surface area contributed by atoms with Gasteiger partial charge in [0.15, 0.2) is 0 Å². The Balaban J connectivity index is 1.78. The Hall–Kier alpha value is -3.43. The highest BCUT2D eigenvalue weighted by Crippen LogP contribution is 2.25. The van der Waals surface area contributed by atoms with Crippen molar-refractivity contribution in [2.45, 2.75) is 18.7 Å². The number of esters is 1. The first-order valence-electron chi connectivity index (χ1n) is 9.55. The molecule has 0 atom stereocenters. The molecular formula is C22H20ClN3O5S. The van der Waals surface area contributed by atoms with Crippen LogP contribution in [0.5, 0.6) is 0 Å². The van der Waals surface area contributed by atoms with Crippen molar-refractivity contribution in [1.29, 1.82) is 0 Å². The van der Waals surface area contributed by atoms with Crippen LogP contribution in [0.1, 0.15) is 33.5 Å². The van der Waals surface area contributed by atoms with Gasteiger partial charge in [-0.3, -0.25) is 9.52 Å². The number of rotatable bonds is 7. The summed E-state index contributed by atoms with van der Waals surface area (Å²) in [6.45, 7) is 3.52. The number of carbonyl (C=O) groups is 2. The van der Waals surface area contributed by atoms with E-state index in [0.29, 0.717) is 5.69 Å². The van der Waals surface area contributed by atoms with Gasteiger partial charge in [-0.25, -0.2) is 18.2 Å². The monoisotopic (exact) mass is 473 g/mol. The SMILES string of the molecule is CCOC(=O)c1ccc(C(=O)Nc2cccc(S(=O)(=O)Nc3ccccc3Cl)c2)nc1C. The summed E-state index contributed by atoms with van der Waals surface area (Å²) >= 11 is 6.03. The van der Waals surface area contributed by atoms with Crippen molar-refractivity contribution < 1.29 is 22.7 Å². The molecule has 2 aromatic carbocycles. The number of sulfonamides is 1. The van der Waals surface area contributed by atoms with Gasteiger partial charge in [0.05, 0.1) is 33.5 Å². The fraction of sp³-hybridized carbons (Fsp3) is 0.136. The minimum atomic E-state index is -3.94. The van der Waals surface area contributed by atoms with Crippen molar-refractivity contribution in [3.8, 4) is 0 Å². The molecule has 166 valence electrons. The van der Waals surface area contributed by atoms with Gasteiger partial charge >= 0.3 is 5.97 Å². The minimum Gasteiger partial charge on any atom is -0.462 e. The first kappa shape index (κ1) is 23.2. The largest absolute Gasteiger partial charge is 0.462 e. The Morgan fingerprint density at radius 2 is 1.81 bits per heavy atom. The molecule has 0 unspecified atom stereocenters. The third kappa shape index (κ3) is 5.43. The molecule has 10 heteroatoms. The van der Waals surface area contributed by atoms with Gasteiger partial charge in [-0.15, -0.1) is 0 Å². The number of hydrogen-bond donors (Lipinski definition) is 2. The number of nitrogens with one attached hydrogen (secondary N) is 2. The molecule has 0 aliphatic rings. The summed E-state index contributed by atoms with van der Waals surface area (Å²) in [5, 5.41) is 2.87. The number of ether oxygens (including phenoxy) is 1. The molecular weight excluding hydrogens is 454 g/mol. The molecule has 0 spiro atoms. The average Bonchev–Trinajstić information content (AvgIpc) is 2.75. The van der Waals surface area contributed by atoms with Gasteiger partial charge in [-0.2, -0.15) is 0 Å². The zero-order valence-electron chi connectivity index (χ0n) is 17.3. The van der Waals surface area contributed by atoms with Crippen molar-refractivity contribution in [2.75, 3.05) is 16.6 Å². The molecule has 3 aromatic rings. The number of benzene rings is 2. The predicted octanol–water partition coefficient (Wildman–Crippen LogP) is 4.27. The molecule has 3 rings (SSSR count). The van der Waals surface area contributed by atoms with Crippen molar-refractivity contribution in [1.82, 2.24) is 4.98 Å². The Kier molecular flexibility index (Phi) is 7.12. The van der Waals surface area contributed by atoms with Gasteiger partial charge in [-0.1, -0.05) is 29.8 Å². The maximum absolute atomic E-state index is 12.7. The lowest BCUT2D eigenvalue weighted by molar-refractivity contribution is 0.0524. The molecule has 1 aromatic heterocycles. The number of aryl methyl sites for hydroxylation is 1. The standard InChI is InChI=1S/C22H20ClN3O5S/c1-3-31-22(28)17-11-12-20(24-14(17)2)21(27)25-15-7-6-8-16(13-15)32(29,30)26-19-10-5-4-9-18(19)23/h4-13,26H,3H2,1-2H3,(H,25,27). The molecule has 0 radical (unpaired) electrons. The van der Waals surface area contributed by atoms with E-state index < -0.39 is 21.9 Å². The number of anilines is 2. The highest BCUT2D eigenvalue weighted by molar-refractivity contribution is 7.92. The summed E-state index contributed by atoms with van der Waals surface area (Å²) in [4.78, 5) is 28.6. The maximum atomic E-state index is 12.7. The summed E-state index contributed by atoms with van der Waals surface area (Å²) in [5.74, 6) is -1.08.